The molecular formula is C12H19NO4S. The normalized spacial score (nSPS) is 30.8. The third-order valence-electron chi connectivity index (χ3n) is 3.35. The number of nitrogens with zero attached hydrogens (tertiary/aromatic N) is 1. The minimum atomic E-state index is -1.01. The zero-order valence-corrected chi connectivity index (χ0v) is 12.2. The van der Waals surface area contributed by atoms with Gasteiger partial charge in [-0.15, -0.1) is 11.8 Å². The summed E-state index contributed by atoms with van der Waals surface area (Å²) in [5.41, 5.74) is -1.01. The third-order valence-corrected chi connectivity index (χ3v) is 4.11. The van der Waals surface area contributed by atoms with Gasteiger partial charge < -0.3 is 9.47 Å². The average molecular weight is 273 g/mol. The van der Waals surface area contributed by atoms with E-state index in [9.17, 15) is 9.59 Å². The second kappa shape index (κ2) is 5.73. The molecule has 0 aliphatic carbocycles. The number of aliphatic imine (C=N–C) groups is 1. The van der Waals surface area contributed by atoms with Crippen LogP contribution in [0.1, 0.15) is 20.8 Å². The third kappa shape index (κ3) is 2.39. The van der Waals surface area contributed by atoms with Gasteiger partial charge in [0.1, 0.15) is 5.92 Å². The van der Waals surface area contributed by atoms with Crippen LogP contribution in [0.15, 0.2) is 4.99 Å². The van der Waals surface area contributed by atoms with E-state index < -0.39 is 17.4 Å². The summed E-state index contributed by atoms with van der Waals surface area (Å²) in [6.45, 7) is 5.58. The first-order valence-corrected chi connectivity index (χ1v) is 7.03. The summed E-state index contributed by atoms with van der Waals surface area (Å²) in [6, 6.07) is 0. The molecule has 0 aromatic heterocycles. The molecule has 0 fully saturated rings. The number of ether oxygens (including phenoxy) is 2. The topological polar surface area (TPSA) is 65.0 Å². The van der Waals surface area contributed by atoms with E-state index in [0.29, 0.717) is 11.7 Å². The van der Waals surface area contributed by atoms with Gasteiger partial charge >= 0.3 is 11.9 Å². The van der Waals surface area contributed by atoms with Crippen molar-refractivity contribution in [1.29, 1.82) is 0 Å². The number of hydrogen-bond acceptors (Lipinski definition) is 6. The van der Waals surface area contributed by atoms with Crippen LogP contribution in [0.2, 0.25) is 0 Å². The van der Waals surface area contributed by atoms with E-state index in [2.05, 4.69) is 4.99 Å². The van der Waals surface area contributed by atoms with Gasteiger partial charge in [0.15, 0.2) is 5.54 Å². The van der Waals surface area contributed by atoms with Gasteiger partial charge in [0.25, 0.3) is 0 Å². The second-order valence-electron chi connectivity index (χ2n) is 4.31. The van der Waals surface area contributed by atoms with Gasteiger partial charge in [-0.2, -0.15) is 0 Å². The Morgan fingerprint density at radius 3 is 2.56 bits per heavy atom. The van der Waals surface area contributed by atoms with Gasteiger partial charge in [-0.1, -0.05) is 6.92 Å². The lowest BCUT2D eigenvalue weighted by Crippen LogP contribution is -2.42. The Morgan fingerprint density at radius 1 is 1.50 bits per heavy atom. The number of carbonyl (C=O) groups is 2. The molecule has 0 unspecified atom stereocenters. The fourth-order valence-electron chi connectivity index (χ4n) is 2.05. The van der Waals surface area contributed by atoms with E-state index in [1.807, 2.05) is 13.2 Å². The number of thioether (sulfide) groups is 1. The number of hydrogen-bond donors (Lipinski definition) is 0. The van der Waals surface area contributed by atoms with Gasteiger partial charge in [0.05, 0.1) is 18.8 Å². The first-order chi connectivity index (χ1) is 8.42. The standard InChI is InChI=1S/C12H19NO4S/c1-6-17-11(15)12(3)7(2)8(10(14)16-4)9(13-12)18-5/h7-8H,6H2,1-5H3/t7-,8-,12-/m0/s1. The molecule has 0 N–H and O–H groups in total. The molecule has 18 heavy (non-hydrogen) atoms. The van der Waals surface area contributed by atoms with Crippen molar-refractivity contribution in [2.24, 2.45) is 16.8 Å². The number of carbonyl (C=O) groups excluding carboxylic acids is 2. The molecule has 1 rings (SSSR count). The number of rotatable bonds is 3. The van der Waals surface area contributed by atoms with Crippen molar-refractivity contribution in [3.63, 3.8) is 0 Å². The monoisotopic (exact) mass is 273 g/mol. The maximum absolute atomic E-state index is 12.0. The highest BCUT2D eigenvalue weighted by atomic mass is 32.2. The van der Waals surface area contributed by atoms with Gasteiger partial charge in [-0.3, -0.25) is 9.79 Å². The van der Waals surface area contributed by atoms with E-state index in [-0.39, 0.29) is 11.9 Å². The molecule has 0 amide bonds. The lowest BCUT2D eigenvalue weighted by Gasteiger charge is -2.26. The molecule has 0 radical (unpaired) electrons. The van der Waals surface area contributed by atoms with Crippen LogP contribution in [0.3, 0.4) is 0 Å². The lowest BCUT2D eigenvalue weighted by molar-refractivity contribution is -0.152. The van der Waals surface area contributed by atoms with Crippen molar-refractivity contribution in [2.45, 2.75) is 26.3 Å². The van der Waals surface area contributed by atoms with Crippen molar-refractivity contribution < 1.29 is 19.1 Å². The fraction of sp³-hybridized carbons (Fsp3) is 0.750. The van der Waals surface area contributed by atoms with Crippen molar-refractivity contribution >= 4 is 28.7 Å². The van der Waals surface area contributed by atoms with E-state index in [1.165, 1.54) is 18.9 Å². The Balaban J connectivity index is 3.08. The van der Waals surface area contributed by atoms with Crippen molar-refractivity contribution in [3.8, 4) is 0 Å². The van der Waals surface area contributed by atoms with E-state index in [0.717, 1.165) is 0 Å². The van der Waals surface area contributed by atoms with Crippen molar-refractivity contribution in [2.75, 3.05) is 20.0 Å². The second-order valence-corrected chi connectivity index (χ2v) is 5.14. The molecule has 102 valence electrons. The highest BCUT2D eigenvalue weighted by Crippen LogP contribution is 2.40. The molecule has 0 bridgehead atoms. The minimum Gasteiger partial charge on any atom is -0.468 e. The molecule has 3 atom stereocenters. The maximum Gasteiger partial charge on any atom is 0.334 e. The van der Waals surface area contributed by atoms with Crippen LogP contribution in [0.25, 0.3) is 0 Å². The van der Waals surface area contributed by atoms with E-state index in [4.69, 9.17) is 9.47 Å². The van der Waals surface area contributed by atoms with Crippen molar-refractivity contribution in [1.82, 2.24) is 0 Å². The highest BCUT2D eigenvalue weighted by Gasteiger charge is 2.53. The first kappa shape index (κ1) is 15.0. The molecule has 1 aliphatic heterocycles. The molecule has 6 heteroatoms. The minimum absolute atomic E-state index is 0.272. The van der Waals surface area contributed by atoms with Crippen LogP contribution in [-0.2, 0) is 19.1 Å². The molecular weight excluding hydrogens is 254 g/mol. The van der Waals surface area contributed by atoms with Crippen LogP contribution in [0.5, 0.6) is 0 Å². The fourth-order valence-corrected chi connectivity index (χ4v) is 2.89. The quantitative estimate of drug-likeness (QED) is 0.729. The molecule has 0 saturated carbocycles. The van der Waals surface area contributed by atoms with Crippen LogP contribution in [-0.4, -0.2) is 42.5 Å². The van der Waals surface area contributed by atoms with E-state index >= 15 is 0 Å². The SMILES string of the molecule is CCOC(=O)[C@@]1(C)N=C(SC)[C@@H](C(=O)OC)[C@@H]1C. The van der Waals surface area contributed by atoms with Gasteiger partial charge in [0.2, 0.25) is 0 Å². The first-order valence-electron chi connectivity index (χ1n) is 5.81. The molecule has 1 aliphatic rings. The Bertz CT molecular complexity index is 382. The summed E-state index contributed by atoms with van der Waals surface area (Å²) in [5.74, 6) is -1.51. The summed E-state index contributed by atoms with van der Waals surface area (Å²) in [7, 11) is 1.34. The van der Waals surface area contributed by atoms with Crippen LogP contribution >= 0.6 is 11.8 Å². The largest absolute Gasteiger partial charge is 0.468 e. The summed E-state index contributed by atoms with van der Waals surface area (Å²) in [4.78, 5) is 28.2. The molecule has 0 aromatic rings. The van der Waals surface area contributed by atoms with Crippen molar-refractivity contribution in [3.05, 3.63) is 0 Å². The highest BCUT2D eigenvalue weighted by molar-refractivity contribution is 8.13. The summed E-state index contributed by atoms with van der Waals surface area (Å²) >= 11 is 1.37. The number of methoxy groups -OCH3 is 1. The summed E-state index contributed by atoms with van der Waals surface area (Å²) < 4.78 is 9.83. The van der Waals surface area contributed by atoms with Gasteiger partial charge in [-0.25, -0.2) is 4.79 Å². The van der Waals surface area contributed by atoms with E-state index in [1.54, 1.807) is 13.8 Å². The molecule has 0 spiro atoms. The Hall–Kier alpha value is -1.04. The predicted octanol–water partition coefficient (Wildman–Crippen LogP) is 1.51. The average Bonchev–Trinajstić information content (AvgIpc) is 2.62. The zero-order chi connectivity index (χ0) is 13.9. The smallest absolute Gasteiger partial charge is 0.334 e. The Morgan fingerprint density at radius 2 is 2.11 bits per heavy atom. The number of esters is 2. The molecule has 0 saturated heterocycles. The zero-order valence-electron chi connectivity index (χ0n) is 11.4. The Labute approximate surface area is 111 Å². The van der Waals surface area contributed by atoms with Gasteiger partial charge in [-0.05, 0) is 20.1 Å². The van der Waals surface area contributed by atoms with Crippen LogP contribution < -0.4 is 0 Å². The lowest BCUT2D eigenvalue weighted by atomic mass is 9.82. The molecule has 1 heterocycles. The summed E-state index contributed by atoms with van der Waals surface area (Å²) in [6.07, 6.45) is 1.83. The summed E-state index contributed by atoms with van der Waals surface area (Å²) in [5, 5.41) is 0.630. The Kier molecular flexibility index (Phi) is 4.78. The maximum atomic E-state index is 12.0. The molecule has 0 aromatic carbocycles. The van der Waals surface area contributed by atoms with Crippen LogP contribution in [0, 0.1) is 11.8 Å². The molecule has 5 nitrogen and oxygen atoms in total. The predicted molar refractivity (Wildman–Crippen MR) is 70.7 cm³/mol. The van der Waals surface area contributed by atoms with Crippen LogP contribution in [0.4, 0.5) is 0 Å². The van der Waals surface area contributed by atoms with Gasteiger partial charge in [0, 0.05) is 5.92 Å².